The van der Waals surface area contributed by atoms with Crippen molar-refractivity contribution < 1.29 is 23.4 Å². The van der Waals surface area contributed by atoms with Gasteiger partial charge in [0.05, 0.1) is 0 Å². The standard InChI is InChI=1S/C20H16FNO4/c21-15-4-2-1-3-14(15)6-8-19-22-16(20(23)26-19)11-13-5-7-17-18(12-13)25-10-9-24-17/h1-5,7,11-12H,6,8-10H2/b16-11+. The molecule has 0 unspecified atom stereocenters. The Morgan fingerprint density at radius 1 is 1.04 bits per heavy atom. The quantitative estimate of drug-likeness (QED) is 0.623. The Bertz CT molecular complexity index is 920. The van der Waals surface area contributed by atoms with Crippen molar-refractivity contribution in [2.24, 2.45) is 4.99 Å². The first-order valence-corrected chi connectivity index (χ1v) is 8.33. The molecule has 132 valence electrons. The number of fused-ring (bicyclic) bond motifs is 1. The van der Waals surface area contributed by atoms with E-state index in [0.717, 1.165) is 5.56 Å². The number of rotatable bonds is 4. The Balaban J connectivity index is 1.49. The zero-order valence-corrected chi connectivity index (χ0v) is 13.9. The molecule has 6 heteroatoms. The van der Waals surface area contributed by atoms with Gasteiger partial charge in [0.2, 0.25) is 0 Å². The molecule has 0 amide bonds. The van der Waals surface area contributed by atoms with E-state index in [0.29, 0.717) is 49.0 Å². The first-order chi connectivity index (χ1) is 12.7. The highest BCUT2D eigenvalue weighted by Gasteiger charge is 2.23. The highest BCUT2D eigenvalue weighted by atomic mass is 19.1. The van der Waals surface area contributed by atoms with Crippen molar-refractivity contribution in [3.63, 3.8) is 0 Å². The third-order valence-corrected chi connectivity index (χ3v) is 4.10. The summed E-state index contributed by atoms with van der Waals surface area (Å²) in [6, 6.07) is 11.9. The summed E-state index contributed by atoms with van der Waals surface area (Å²) < 4.78 is 29.9. The van der Waals surface area contributed by atoms with E-state index in [1.54, 1.807) is 36.4 Å². The average molecular weight is 353 g/mol. The summed E-state index contributed by atoms with van der Waals surface area (Å²) >= 11 is 0. The van der Waals surface area contributed by atoms with E-state index >= 15 is 0 Å². The second-order valence-electron chi connectivity index (χ2n) is 5.92. The van der Waals surface area contributed by atoms with Crippen LogP contribution in [0.5, 0.6) is 11.5 Å². The Morgan fingerprint density at radius 3 is 2.69 bits per heavy atom. The van der Waals surface area contributed by atoms with Crippen LogP contribution in [0.1, 0.15) is 17.5 Å². The molecule has 2 aromatic carbocycles. The molecule has 0 saturated carbocycles. The van der Waals surface area contributed by atoms with Crippen LogP contribution in [0, 0.1) is 5.82 Å². The fourth-order valence-corrected chi connectivity index (χ4v) is 2.81. The Morgan fingerprint density at radius 2 is 1.85 bits per heavy atom. The van der Waals surface area contributed by atoms with Crippen LogP contribution in [0.15, 0.2) is 53.2 Å². The van der Waals surface area contributed by atoms with Gasteiger partial charge in [-0.3, -0.25) is 0 Å². The number of esters is 1. The summed E-state index contributed by atoms with van der Waals surface area (Å²) in [6.45, 7) is 1.02. The maximum absolute atomic E-state index is 13.7. The van der Waals surface area contributed by atoms with Gasteiger partial charge in [-0.15, -0.1) is 0 Å². The number of halogens is 1. The second kappa shape index (κ2) is 7.00. The van der Waals surface area contributed by atoms with Gasteiger partial charge in [-0.25, -0.2) is 14.2 Å². The minimum Gasteiger partial charge on any atom is -0.486 e. The monoisotopic (exact) mass is 353 g/mol. The molecule has 0 radical (unpaired) electrons. The van der Waals surface area contributed by atoms with E-state index in [-0.39, 0.29) is 11.5 Å². The molecule has 0 bridgehead atoms. The molecule has 0 fully saturated rings. The number of aryl methyl sites for hydroxylation is 1. The summed E-state index contributed by atoms with van der Waals surface area (Å²) in [7, 11) is 0. The summed E-state index contributed by atoms with van der Waals surface area (Å²) in [5, 5.41) is 0. The predicted octanol–water partition coefficient (Wildman–Crippen LogP) is 3.53. The van der Waals surface area contributed by atoms with Gasteiger partial charge >= 0.3 is 5.97 Å². The van der Waals surface area contributed by atoms with Gasteiger partial charge in [-0.05, 0) is 41.8 Å². The van der Waals surface area contributed by atoms with E-state index in [9.17, 15) is 9.18 Å². The number of hydrogen-bond donors (Lipinski definition) is 0. The molecule has 0 aliphatic carbocycles. The van der Waals surface area contributed by atoms with E-state index in [1.165, 1.54) is 6.07 Å². The van der Waals surface area contributed by atoms with Crippen molar-refractivity contribution in [3.05, 3.63) is 65.1 Å². The molecule has 0 spiro atoms. The first kappa shape index (κ1) is 16.3. The van der Waals surface area contributed by atoms with Crippen molar-refractivity contribution in [2.75, 3.05) is 13.2 Å². The van der Waals surface area contributed by atoms with Crippen LogP contribution in [-0.4, -0.2) is 25.1 Å². The van der Waals surface area contributed by atoms with Crippen LogP contribution in [-0.2, 0) is 16.0 Å². The lowest BCUT2D eigenvalue weighted by molar-refractivity contribution is -0.130. The highest BCUT2D eigenvalue weighted by molar-refractivity contribution is 6.07. The SMILES string of the molecule is O=C1OC(CCc2ccccc2F)=N/C1=C/c1ccc2c(c1)OCCO2. The topological polar surface area (TPSA) is 57.1 Å². The smallest absolute Gasteiger partial charge is 0.363 e. The van der Waals surface area contributed by atoms with E-state index < -0.39 is 5.97 Å². The molecule has 26 heavy (non-hydrogen) atoms. The van der Waals surface area contributed by atoms with Gasteiger partial charge in [-0.1, -0.05) is 24.3 Å². The molecule has 0 N–H and O–H groups in total. The number of hydrogen-bond acceptors (Lipinski definition) is 5. The Kier molecular flexibility index (Phi) is 4.39. The van der Waals surface area contributed by atoms with Crippen LogP contribution in [0.4, 0.5) is 4.39 Å². The molecule has 0 atom stereocenters. The van der Waals surface area contributed by atoms with Crippen molar-refractivity contribution >= 4 is 17.9 Å². The summed E-state index contributed by atoms with van der Waals surface area (Å²) in [4.78, 5) is 16.3. The zero-order valence-electron chi connectivity index (χ0n) is 13.9. The zero-order chi connectivity index (χ0) is 17.9. The number of aliphatic imine (C=N–C) groups is 1. The normalized spacial score (nSPS) is 17.2. The van der Waals surface area contributed by atoms with Crippen molar-refractivity contribution in [1.82, 2.24) is 0 Å². The van der Waals surface area contributed by atoms with Crippen LogP contribution < -0.4 is 9.47 Å². The maximum Gasteiger partial charge on any atom is 0.363 e. The number of carbonyl (C=O) groups excluding carboxylic acids is 1. The minimum atomic E-state index is -0.511. The maximum atomic E-state index is 13.7. The van der Waals surface area contributed by atoms with Crippen LogP contribution in [0.3, 0.4) is 0 Å². The van der Waals surface area contributed by atoms with Crippen LogP contribution in [0.25, 0.3) is 6.08 Å². The third kappa shape index (κ3) is 3.44. The summed E-state index contributed by atoms with van der Waals surface area (Å²) in [5.41, 5.74) is 1.54. The van der Waals surface area contributed by atoms with Crippen LogP contribution >= 0.6 is 0 Å². The predicted molar refractivity (Wildman–Crippen MR) is 93.7 cm³/mol. The van der Waals surface area contributed by atoms with Crippen LogP contribution in [0.2, 0.25) is 0 Å². The summed E-state index contributed by atoms with van der Waals surface area (Å²) in [6.07, 6.45) is 2.40. The van der Waals surface area contributed by atoms with Crippen molar-refractivity contribution in [2.45, 2.75) is 12.8 Å². The summed E-state index contributed by atoms with van der Waals surface area (Å²) in [5.74, 6) is 0.831. The average Bonchev–Trinajstić information content (AvgIpc) is 3.00. The molecule has 2 aromatic rings. The number of benzene rings is 2. The van der Waals surface area contributed by atoms with Gasteiger partial charge in [0.15, 0.2) is 23.1 Å². The molecular formula is C20H16FNO4. The highest BCUT2D eigenvalue weighted by Crippen LogP contribution is 2.31. The first-order valence-electron chi connectivity index (χ1n) is 8.33. The number of nitrogens with zero attached hydrogens (tertiary/aromatic N) is 1. The number of ether oxygens (including phenoxy) is 3. The molecule has 0 saturated heterocycles. The van der Waals surface area contributed by atoms with E-state index in [1.807, 2.05) is 6.07 Å². The molecule has 5 nitrogen and oxygen atoms in total. The van der Waals surface area contributed by atoms with Gasteiger partial charge in [0.1, 0.15) is 19.0 Å². The van der Waals surface area contributed by atoms with Crippen molar-refractivity contribution in [1.29, 1.82) is 0 Å². The Labute approximate surface area is 149 Å². The van der Waals surface area contributed by atoms with Crippen molar-refractivity contribution in [3.8, 4) is 11.5 Å². The third-order valence-electron chi connectivity index (χ3n) is 4.10. The molecule has 2 aliphatic rings. The van der Waals surface area contributed by atoms with Gasteiger partial charge in [0.25, 0.3) is 0 Å². The fourth-order valence-electron chi connectivity index (χ4n) is 2.81. The number of cyclic esters (lactones) is 1. The molecular weight excluding hydrogens is 337 g/mol. The Hall–Kier alpha value is -3.15. The fraction of sp³-hybridized carbons (Fsp3) is 0.200. The second-order valence-corrected chi connectivity index (χ2v) is 5.92. The molecule has 2 aliphatic heterocycles. The lowest BCUT2D eigenvalue weighted by Crippen LogP contribution is -2.15. The molecule has 2 heterocycles. The lowest BCUT2D eigenvalue weighted by atomic mass is 10.1. The molecule has 0 aromatic heterocycles. The van der Waals surface area contributed by atoms with Gasteiger partial charge < -0.3 is 14.2 Å². The van der Waals surface area contributed by atoms with Gasteiger partial charge in [-0.2, -0.15) is 0 Å². The number of carbonyl (C=O) groups is 1. The molecule has 4 rings (SSSR count). The largest absolute Gasteiger partial charge is 0.486 e. The van der Waals surface area contributed by atoms with E-state index in [2.05, 4.69) is 4.99 Å². The van der Waals surface area contributed by atoms with Gasteiger partial charge in [0, 0.05) is 6.42 Å². The minimum absolute atomic E-state index is 0.213. The van der Waals surface area contributed by atoms with E-state index in [4.69, 9.17) is 14.2 Å². The lowest BCUT2D eigenvalue weighted by Gasteiger charge is -2.18.